The number of nitrogens with zero attached hydrogens (tertiary/aromatic N) is 1. The van der Waals surface area contributed by atoms with Crippen molar-refractivity contribution in [2.75, 3.05) is 0 Å². The van der Waals surface area contributed by atoms with Crippen LogP contribution in [0.15, 0.2) is 36.5 Å². The Morgan fingerprint density at radius 1 is 1.28 bits per heavy atom. The van der Waals surface area contributed by atoms with E-state index in [0.29, 0.717) is 10.6 Å². The molecule has 2 nitrogen and oxygen atoms in total. The maximum Gasteiger partial charge on any atom is 0.146 e. The quantitative estimate of drug-likeness (QED) is 0.928. The van der Waals surface area contributed by atoms with Gasteiger partial charge in [-0.1, -0.05) is 11.6 Å². The predicted molar refractivity (Wildman–Crippen MR) is 66.2 cm³/mol. The fourth-order valence-corrected chi connectivity index (χ4v) is 1.90. The van der Waals surface area contributed by atoms with Gasteiger partial charge < -0.3 is 5.73 Å². The summed E-state index contributed by atoms with van der Waals surface area (Å²) in [4.78, 5) is 3.89. The highest BCUT2D eigenvalue weighted by molar-refractivity contribution is 6.31. The van der Waals surface area contributed by atoms with E-state index in [1.165, 1.54) is 36.5 Å². The van der Waals surface area contributed by atoms with Gasteiger partial charge >= 0.3 is 0 Å². The number of rotatable bonds is 3. The first kappa shape index (κ1) is 12.9. The molecule has 94 valence electrons. The molecule has 18 heavy (non-hydrogen) atoms. The summed E-state index contributed by atoms with van der Waals surface area (Å²) < 4.78 is 26.6. The van der Waals surface area contributed by atoms with E-state index < -0.39 is 17.7 Å². The molecule has 5 heteroatoms. The summed E-state index contributed by atoms with van der Waals surface area (Å²) in [6.07, 6.45) is 1.69. The number of hydrogen-bond acceptors (Lipinski definition) is 2. The van der Waals surface area contributed by atoms with Gasteiger partial charge in [0.1, 0.15) is 11.6 Å². The molecule has 2 rings (SSSR count). The molecule has 1 aromatic carbocycles. The third kappa shape index (κ3) is 2.83. The highest BCUT2D eigenvalue weighted by Crippen LogP contribution is 2.23. The summed E-state index contributed by atoms with van der Waals surface area (Å²) in [5, 5.41) is 0.406. The van der Waals surface area contributed by atoms with Crippen molar-refractivity contribution >= 4 is 11.6 Å². The van der Waals surface area contributed by atoms with Crippen LogP contribution in [0.5, 0.6) is 0 Å². The molecule has 0 aliphatic rings. The summed E-state index contributed by atoms with van der Waals surface area (Å²) in [7, 11) is 0. The van der Waals surface area contributed by atoms with Crippen molar-refractivity contribution in [1.29, 1.82) is 0 Å². The van der Waals surface area contributed by atoms with E-state index in [-0.39, 0.29) is 12.1 Å². The van der Waals surface area contributed by atoms with Gasteiger partial charge in [-0.3, -0.25) is 4.98 Å². The molecule has 2 N–H and O–H groups in total. The van der Waals surface area contributed by atoms with Crippen molar-refractivity contribution in [2.45, 2.75) is 12.5 Å². The second-order valence-electron chi connectivity index (χ2n) is 3.92. The van der Waals surface area contributed by atoms with Crippen molar-refractivity contribution in [1.82, 2.24) is 4.98 Å². The molecule has 0 radical (unpaired) electrons. The first-order chi connectivity index (χ1) is 8.58. The molecule has 0 amide bonds. The van der Waals surface area contributed by atoms with Crippen LogP contribution in [-0.2, 0) is 6.42 Å². The minimum Gasteiger partial charge on any atom is -0.322 e. The van der Waals surface area contributed by atoms with Crippen LogP contribution in [0.2, 0.25) is 5.02 Å². The molecule has 0 saturated carbocycles. The molecule has 0 aliphatic carbocycles. The Kier molecular flexibility index (Phi) is 3.89. The van der Waals surface area contributed by atoms with Crippen LogP contribution in [0, 0.1) is 11.6 Å². The molecular weight excluding hydrogens is 258 g/mol. The number of benzene rings is 1. The summed E-state index contributed by atoms with van der Waals surface area (Å²) in [6, 6.07) is 6.12. The van der Waals surface area contributed by atoms with Crippen molar-refractivity contribution in [2.24, 2.45) is 5.73 Å². The van der Waals surface area contributed by atoms with Crippen molar-refractivity contribution in [3.63, 3.8) is 0 Å². The lowest BCUT2D eigenvalue weighted by atomic mass is 10.0. The Labute approximate surface area is 108 Å². The summed E-state index contributed by atoms with van der Waals surface area (Å²) in [5.74, 6) is -0.874. The summed E-state index contributed by atoms with van der Waals surface area (Å²) >= 11 is 5.93. The number of halogens is 3. The number of pyridine rings is 1. The second-order valence-corrected chi connectivity index (χ2v) is 4.32. The Balaban J connectivity index is 2.24. The summed E-state index contributed by atoms with van der Waals surface area (Å²) in [5.41, 5.74) is 6.55. The summed E-state index contributed by atoms with van der Waals surface area (Å²) in [6.45, 7) is 0. The zero-order valence-corrected chi connectivity index (χ0v) is 10.2. The van der Waals surface area contributed by atoms with E-state index in [1.54, 1.807) is 0 Å². The fraction of sp³-hybridized carbons (Fsp3) is 0.154. The first-order valence-corrected chi connectivity index (χ1v) is 5.75. The van der Waals surface area contributed by atoms with E-state index >= 15 is 0 Å². The van der Waals surface area contributed by atoms with Gasteiger partial charge in [-0.15, -0.1) is 0 Å². The van der Waals surface area contributed by atoms with Gasteiger partial charge in [0.25, 0.3) is 0 Å². The van der Waals surface area contributed by atoms with Gasteiger partial charge in [0.2, 0.25) is 0 Å². The number of nitrogens with two attached hydrogens (primary N) is 1. The van der Waals surface area contributed by atoms with Gasteiger partial charge in [0.05, 0.1) is 11.7 Å². The molecule has 1 aromatic heterocycles. The second kappa shape index (κ2) is 5.42. The lowest BCUT2D eigenvalue weighted by molar-refractivity contribution is 0.562. The zero-order valence-electron chi connectivity index (χ0n) is 9.41. The highest BCUT2D eigenvalue weighted by atomic mass is 35.5. The normalized spacial score (nSPS) is 12.4. The van der Waals surface area contributed by atoms with Crippen LogP contribution in [0.4, 0.5) is 8.78 Å². The van der Waals surface area contributed by atoms with Gasteiger partial charge in [-0.05, 0) is 42.3 Å². The number of hydrogen-bond donors (Lipinski definition) is 1. The van der Waals surface area contributed by atoms with Gasteiger partial charge in [-0.25, -0.2) is 8.78 Å². The molecule has 0 saturated heterocycles. The van der Waals surface area contributed by atoms with Crippen molar-refractivity contribution in [3.05, 3.63) is 64.4 Å². The fourth-order valence-electron chi connectivity index (χ4n) is 1.70. The van der Waals surface area contributed by atoms with Crippen LogP contribution in [-0.4, -0.2) is 4.98 Å². The van der Waals surface area contributed by atoms with Crippen molar-refractivity contribution < 1.29 is 8.78 Å². The van der Waals surface area contributed by atoms with Crippen LogP contribution < -0.4 is 5.73 Å². The zero-order chi connectivity index (χ0) is 13.1. The van der Waals surface area contributed by atoms with Crippen LogP contribution in [0.1, 0.15) is 17.3 Å². The van der Waals surface area contributed by atoms with Crippen LogP contribution >= 0.6 is 11.6 Å². The van der Waals surface area contributed by atoms with Crippen LogP contribution in [0.3, 0.4) is 0 Å². The Bertz CT molecular complexity index is 560. The molecule has 1 atom stereocenters. The molecule has 2 aromatic rings. The third-order valence-electron chi connectivity index (χ3n) is 2.59. The van der Waals surface area contributed by atoms with Gasteiger partial charge in [-0.2, -0.15) is 0 Å². The lowest BCUT2D eigenvalue weighted by Crippen LogP contribution is -2.17. The molecule has 1 heterocycles. The highest BCUT2D eigenvalue weighted by Gasteiger charge is 2.15. The molecule has 0 fully saturated rings. The SMILES string of the molecule is NC(Cc1cc(F)ccc1Cl)c1ncccc1F. The van der Waals surface area contributed by atoms with Crippen LogP contribution in [0.25, 0.3) is 0 Å². The largest absolute Gasteiger partial charge is 0.322 e. The monoisotopic (exact) mass is 268 g/mol. The van der Waals surface area contributed by atoms with Crippen molar-refractivity contribution in [3.8, 4) is 0 Å². The first-order valence-electron chi connectivity index (χ1n) is 5.38. The number of aromatic nitrogens is 1. The maximum absolute atomic E-state index is 13.5. The van der Waals surface area contributed by atoms with E-state index in [2.05, 4.69) is 4.98 Å². The Hall–Kier alpha value is -1.52. The Morgan fingerprint density at radius 2 is 2.06 bits per heavy atom. The lowest BCUT2D eigenvalue weighted by Gasteiger charge is -2.13. The molecular formula is C13H11ClF2N2. The van der Waals surface area contributed by atoms with E-state index in [1.807, 2.05) is 0 Å². The third-order valence-corrected chi connectivity index (χ3v) is 2.95. The molecule has 0 bridgehead atoms. The van der Waals surface area contributed by atoms with Gasteiger partial charge in [0, 0.05) is 11.2 Å². The topological polar surface area (TPSA) is 38.9 Å². The molecule has 1 unspecified atom stereocenters. The average Bonchev–Trinajstić information content (AvgIpc) is 2.34. The Morgan fingerprint density at radius 3 is 2.78 bits per heavy atom. The van der Waals surface area contributed by atoms with E-state index in [0.717, 1.165) is 0 Å². The van der Waals surface area contributed by atoms with E-state index in [9.17, 15) is 8.78 Å². The average molecular weight is 269 g/mol. The smallest absolute Gasteiger partial charge is 0.146 e. The van der Waals surface area contributed by atoms with E-state index in [4.69, 9.17) is 17.3 Å². The maximum atomic E-state index is 13.5. The van der Waals surface area contributed by atoms with Gasteiger partial charge in [0.15, 0.2) is 0 Å². The predicted octanol–water partition coefficient (Wildman–Crippen LogP) is 3.26. The minimum atomic E-state index is -0.662. The standard InChI is InChI=1S/C13H11ClF2N2/c14-10-4-3-9(15)6-8(10)7-12(17)13-11(16)2-1-5-18-13/h1-6,12H,7,17H2. The minimum absolute atomic E-state index is 0.151. The molecule has 0 aliphatic heterocycles. The molecule has 0 spiro atoms.